The van der Waals surface area contributed by atoms with Crippen molar-refractivity contribution in [1.29, 1.82) is 0 Å². The summed E-state index contributed by atoms with van der Waals surface area (Å²) in [5.74, 6) is 0.419. The lowest BCUT2D eigenvalue weighted by Crippen LogP contribution is -2.15. The molecule has 6 nitrogen and oxygen atoms in total. The maximum Gasteiger partial charge on any atom is 0.307 e. The third-order valence-corrected chi connectivity index (χ3v) is 3.26. The van der Waals surface area contributed by atoms with Crippen molar-refractivity contribution < 1.29 is 20.1 Å². The number of aromatic amines is 1. The Morgan fingerprint density at radius 3 is 2.47 bits per heavy atom. The highest BCUT2D eigenvalue weighted by Crippen LogP contribution is 2.21. The fourth-order valence-corrected chi connectivity index (χ4v) is 2.29. The Balaban J connectivity index is 2.02. The molecule has 0 radical (unpaired) electrons. The predicted molar refractivity (Wildman–Crippen MR) is 69.6 cm³/mol. The highest BCUT2D eigenvalue weighted by molar-refractivity contribution is 7.09. The van der Waals surface area contributed by atoms with Gasteiger partial charge >= 0.3 is 4.87 Å². The van der Waals surface area contributed by atoms with Crippen molar-refractivity contribution in [2.75, 3.05) is 6.61 Å². The fraction of sp³-hybridized carbons (Fsp3) is 0.250. The van der Waals surface area contributed by atoms with Crippen LogP contribution < -0.4 is 9.61 Å². The maximum atomic E-state index is 11.0. The average molecular weight is 283 g/mol. The zero-order valence-corrected chi connectivity index (χ0v) is 10.7. The van der Waals surface area contributed by atoms with Crippen LogP contribution in [0, 0.1) is 0 Å². The molecule has 0 spiro atoms. The van der Waals surface area contributed by atoms with Gasteiger partial charge in [-0.2, -0.15) is 0 Å². The van der Waals surface area contributed by atoms with E-state index in [1.807, 2.05) is 0 Å². The minimum Gasteiger partial charge on any atom is -0.494 e. The second-order valence-electron chi connectivity index (χ2n) is 3.90. The van der Waals surface area contributed by atoms with Crippen molar-refractivity contribution in [2.24, 2.45) is 0 Å². The van der Waals surface area contributed by atoms with Gasteiger partial charge in [-0.3, -0.25) is 9.78 Å². The maximum absolute atomic E-state index is 11.0. The summed E-state index contributed by atoms with van der Waals surface area (Å²) in [6, 6.07) is 6.93. The number of H-pyrrole nitrogens is 1. The number of thiazole rings is 1. The molecule has 2 rings (SSSR count). The smallest absolute Gasteiger partial charge is 0.307 e. The molecule has 2 aromatic rings. The molecule has 7 heteroatoms. The number of benzene rings is 1. The molecule has 1 aromatic carbocycles. The number of nitrogens with one attached hydrogen (secondary N) is 1. The van der Waals surface area contributed by atoms with Gasteiger partial charge in [-0.05, 0) is 17.7 Å². The van der Waals surface area contributed by atoms with E-state index in [1.165, 1.54) is 0 Å². The molecule has 0 aliphatic rings. The summed E-state index contributed by atoms with van der Waals surface area (Å²) in [5, 5.41) is 26.8. The standard InChI is InChI=1S/C12H13NO5S/c14-10(15)6-18-8-3-1-7(2-4-8)5-9-11(16)13-12(17)19-9/h1-4,10,14-16H,5-6H2,(H,13,17). The van der Waals surface area contributed by atoms with Gasteiger partial charge in [0.2, 0.25) is 5.88 Å². The van der Waals surface area contributed by atoms with E-state index in [0.717, 1.165) is 16.9 Å². The van der Waals surface area contributed by atoms with Crippen LogP contribution >= 0.6 is 11.3 Å². The lowest BCUT2D eigenvalue weighted by atomic mass is 10.1. The largest absolute Gasteiger partial charge is 0.494 e. The van der Waals surface area contributed by atoms with E-state index in [-0.39, 0.29) is 17.4 Å². The van der Waals surface area contributed by atoms with Gasteiger partial charge < -0.3 is 20.1 Å². The van der Waals surface area contributed by atoms with Crippen LogP contribution in [-0.2, 0) is 6.42 Å². The molecule has 1 aromatic heterocycles. The van der Waals surface area contributed by atoms with Crippen LogP contribution in [-0.4, -0.2) is 33.2 Å². The number of aromatic hydroxyl groups is 1. The van der Waals surface area contributed by atoms with Gasteiger partial charge in [0.05, 0.1) is 4.88 Å². The summed E-state index contributed by atoms with van der Waals surface area (Å²) in [6.45, 7) is -0.195. The number of hydrogen-bond donors (Lipinski definition) is 4. The molecule has 4 N–H and O–H groups in total. The number of hydrogen-bond acceptors (Lipinski definition) is 6. The molecule has 0 aliphatic heterocycles. The third-order valence-electron chi connectivity index (χ3n) is 2.39. The van der Waals surface area contributed by atoms with Crippen LogP contribution in [0.4, 0.5) is 0 Å². The lowest BCUT2D eigenvalue weighted by molar-refractivity contribution is -0.0680. The predicted octanol–water partition coefficient (Wildman–Crippen LogP) is 0.422. The molecule has 102 valence electrons. The Morgan fingerprint density at radius 1 is 1.26 bits per heavy atom. The van der Waals surface area contributed by atoms with E-state index in [4.69, 9.17) is 14.9 Å². The minimum absolute atomic E-state index is 0.0984. The van der Waals surface area contributed by atoms with Crippen LogP contribution in [0.2, 0.25) is 0 Å². The van der Waals surface area contributed by atoms with E-state index >= 15 is 0 Å². The second kappa shape index (κ2) is 5.87. The van der Waals surface area contributed by atoms with Crippen LogP contribution in [0.25, 0.3) is 0 Å². The Hall–Kier alpha value is -1.83. The summed E-state index contributed by atoms with van der Waals surface area (Å²) in [6.07, 6.45) is -1.06. The number of aliphatic hydroxyl groups is 2. The topological polar surface area (TPSA) is 103 Å². The Labute approximate surface area is 112 Å². The highest BCUT2D eigenvalue weighted by atomic mass is 32.1. The number of aromatic nitrogens is 1. The van der Waals surface area contributed by atoms with Crippen LogP contribution in [0.3, 0.4) is 0 Å². The van der Waals surface area contributed by atoms with Crippen LogP contribution in [0.1, 0.15) is 10.4 Å². The zero-order valence-electron chi connectivity index (χ0n) is 9.87. The van der Waals surface area contributed by atoms with E-state index < -0.39 is 6.29 Å². The first kappa shape index (κ1) is 13.6. The van der Waals surface area contributed by atoms with E-state index in [2.05, 4.69) is 4.98 Å². The Kier molecular flexibility index (Phi) is 4.20. The monoisotopic (exact) mass is 283 g/mol. The first-order chi connectivity index (χ1) is 9.04. The lowest BCUT2D eigenvalue weighted by Gasteiger charge is -2.07. The quantitative estimate of drug-likeness (QED) is 0.596. The molecule has 0 bridgehead atoms. The second-order valence-corrected chi connectivity index (χ2v) is 4.97. The molecule has 1 heterocycles. The normalized spacial score (nSPS) is 10.9. The van der Waals surface area contributed by atoms with Gasteiger partial charge in [-0.15, -0.1) is 0 Å². The van der Waals surface area contributed by atoms with Crippen LogP contribution in [0.5, 0.6) is 11.6 Å². The van der Waals surface area contributed by atoms with Crippen molar-refractivity contribution >= 4 is 11.3 Å². The molecule has 19 heavy (non-hydrogen) atoms. The number of ether oxygens (including phenoxy) is 1. The van der Waals surface area contributed by atoms with Gasteiger partial charge in [0.15, 0.2) is 6.29 Å². The van der Waals surface area contributed by atoms with E-state index in [1.54, 1.807) is 24.3 Å². The van der Waals surface area contributed by atoms with E-state index in [0.29, 0.717) is 17.0 Å². The van der Waals surface area contributed by atoms with Crippen LogP contribution in [0.15, 0.2) is 29.1 Å². The van der Waals surface area contributed by atoms with Crippen molar-refractivity contribution in [3.63, 3.8) is 0 Å². The van der Waals surface area contributed by atoms with Gasteiger partial charge in [0, 0.05) is 6.42 Å². The summed E-state index contributed by atoms with van der Waals surface area (Å²) >= 11 is 0.969. The van der Waals surface area contributed by atoms with Gasteiger partial charge in [-0.25, -0.2) is 0 Å². The minimum atomic E-state index is -1.51. The first-order valence-electron chi connectivity index (χ1n) is 5.53. The zero-order chi connectivity index (χ0) is 13.8. The molecule has 0 fully saturated rings. The summed E-state index contributed by atoms with van der Waals surface area (Å²) in [7, 11) is 0. The van der Waals surface area contributed by atoms with Crippen molar-refractivity contribution in [1.82, 2.24) is 4.98 Å². The molecule has 0 saturated carbocycles. The molecule has 0 atom stereocenters. The van der Waals surface area contributed by atoms with Crippen molar-refractivity contribution in [2.45, 2.75) is 12.7 Å². The molecule has 0 unspecified atom stereocenters. The molecule has 0 amide bonds. The number of rotatable bonds is 5. The van der Waals surface area contributed by atoms with Crippen molar-refractivity contribution in [3.8, 4) is 11.6 Å². The van der Waals surface area contributed by atoms with Gasteiger partial charge in [-0.1, -0.05) is 23.5 Å². The van der Waals surface area contributed by atoms with Gasteiger partial charge in [0.25, 0.3) is 0 Å². The Bertz CT molecular complexity index is 587. The van der Waals surface area contributed by atoms with Crippen molar-refractivity contribution in [3.05, 3.63) is 44.4 Å². The SMILES string of the molecule is O=c1[nH]c(O)c(Cc2ccc(OCC(O)O)cc2)s1. The third kappa shape index (κ3) is 3.82. The highest BCUT2D eigenvalue weighted by Gasteiger charge is 2.07. The summed E-state index contributed by atoms with van der Waals surface area (Å²) in [4.78, 5) is 13.6. The molecule has 0 saturated heterocycles. The van der Waals surface area contributed by atoms with E-state index in [9.17, 15) is 9.90 Å². The summed E-state index contributed by atoms with van der Waals surface area (Å²) in [5.41, 5.74) is 0.905. The molecule has 0 aliphatic carbocycles. The first-order valence-corrected chi connectivity index (χ1v) is 6.35. The molecular formula is C12H13NO5S. The Morgan fingerprint density at radius 2 is 1.95 bits per heavy atom. The fourth-order valence-electron chi connectivity index (χ4n) is 1.53. The summed E-state index contributed by atoms with van der Waals surface area (Å²) < 4.78 is 5.10. The molecular weight excluding hydrogens is 270 g/mol. The number of aliphatic hydroxyl groups excluding tert-OH is 1. The van der Waals surface area contributed by atoms with Gasteiger partial charge in [0.1, 0.15) is 12.4 Å². The average Bonchev–Trinajstić information content (AvgIpc) is 2.67.